The normalized spacial score (nSPS) is 14.4. The van der Waals surface area contributed by atoms with Crippen LogP contribution < -0.4 is 16.0 Å². The third-order valence-corrected chi connectivity index (χ3v) is 2.85. The lowest BCUT2D eigenvalue weighted by molar-refractivity contribution is 0.255. The molecule has 1 heterocycles. The number of anilines is 1. The van der Waals surface area contributed by atoms with Crippen molar-refractivity contribution in [1.29, 1.82) is 0 Å². The van der Waals surface area contributed by atoms with Crippen LogP contribution in [0.4, 0.5) is 10.5 Å². The highest BCUT2D eigenvalue weighted by Gasteiger charge is 2.10. The third kappa shape index (κ3) is 3.00. The van der Waals surface area contributed by atoms with E-state index in [4.69, 9.17) is 0 Å². The summed E-state index contributed by atoms with van der Waals surface area (Å²) in [7, 11) is 0. The summed E-state index contributed by atoms with van der Waals surface area (Å²) in [6.45, 7) is 5.55. The number of nitrogens with one attached hydrogen (secondary N) is 3. The average molecular weight is 246 g/mol. The molecule has 0 bridgehead atoms. The van der Waals surface area contributed by atoms with E-state index in [0.717, 1.165) is 36.3 Å². The van der Waals surface area contributed by atoms with Gasteiger partial charge in [-0.3, -0.25) is 10.3 Å². The molecule has 0 saturated heterocycles. The van der Waals surface area contributed by atoms with Gasteiger partial charge in [0.05, 0.1) is 0 Å². The summed E-state index contributed by atoms with van der Waals surface area (Å²) in [4.78, 5) is 16.0. The second kappa shape index (κ2) is 5.53. The van der Waals surface area contributed by atoms with Crippen LogP contribution in [0.5, 0.6) is 0 Å². The Morgan fingerprint density at radius 2 is 2.00 bits per heavy atom. The van der Waals surface area contributed by atoms with E-state index in [1.807, 2.05) is 32.0 Å². The first-order chi connectivity index (χ1) is 8.66. The fraction of sp³-hybridized carbons (Fsp3) is 0.385. The number of aryl methyl sites for hydroxylation is 2. The van der Waals surface area contributed by atoms with Gasteiger partial charge in [-0.25, -0.2) is 4.79 Å². The topological polar surface area (TPSA) is 65.5 Å². The van der Waals surface area contributed by atoms with E-state index in [1.54, 1.807) is 0 Å². The largest absolute Gasteiger partial charge is 0.356 e. The van der Waals surface area contributed by atoms with Gasteiger partial charge in [-0.1, -0.05) is 18.2 Å². The molecule has 2 amide bonds. The van der Waals surface area contributed by atoms with Gasteiger partial charge < -0.3 is 10.6 Å². The van der Waals surface area contributed by atoms with Crippen molar-refractivity contribution in [2.24, 2.45) is 4.99 Å². The minimum absolute atomic E-state index is 0.263. The van der Waals surface area contributed by atoms with Crippen LogP contribution in [-0.2, 0) is 0 Å². The van der Waals surface area contributed by atoms with Crippen LogP contribution in [-0.4, -0.2) is 25.1 Å². The molecular formula is C13H18N4O. The first kappa shape index (κ1) is 12.4. The van der Waals surface area contributed by atoms with Crippen molar-refractivity contribution >= 4 is 17.7 Å². The van der Waals surface area contributed by atoms with Gasteiger partial charge >= 0.3 is 6.03 Å². The number of benzene rings is 1. The molecule has 1 aliphatic rings. The molecule has 0 radical (unpaired) electrons. The fourth-order valence-electron chi connectivity index (χ4n) is 1.88. The predicted octanol–water partition coefficient (Wildman–Crippen LogP) is 1.77. The molecule has 0 aromatic heterocycles. The fourth-order valence-corrected chi connectivity index (χ4v) is 1.88. The van der Waals surface area contributed by atoms with Crippen molar-refractivity contribution in [1.82, 2.24) is 10.6 Å². The van der Waals surface area contributed by atoms with Gasteiger partial charge in [-0.15, -0.1) is 0 Å². The number of guanidine groups is 1. The maximum Gasteiger partial charge on any atom is 0.326 e. The molecule has 5 nitrogen and oxygen atoms in total. The second-order valence-corrected chi connectivity index (χ2v) is 4.36. The number of para-hydroxylation sites is 1. The minimum Gasteiger partial charge on any atom is -0.356 e. The van der Waals surface area contributed by atoms with Crippen LogP contribution in [0.2, 0.25) is 0 Å². The van der Waals surface area contributed by atoms with E-state index >= 15 is 0 Å². The Morgan fingerprint density at radius 1 is 1.28 bits per heavy atom. The molecule has 1 aromatic carbocycles. The number of amides is 2. The van der Waals surface area contributed by atoms with Crippen LogP contribution in [0.15, 0.2) is 23.2 Å². The van der Waals surface area contributed by atoms with Gasteiger partial charge in [0.2, 0.25) is 0 Å². The van der Waals surface area contributed by atoms with Crippen LogP contribution in [0.25, 0.3) is 0 Å². The second-order valence-electron chi connectivity index (χ2n) is 4.36. The average Bonchev–Trinajstić information content (AvgIpc) is 2.35. The summed E-state index contributed by atoms with van der Waals surface area (Å²) in [5.74, 6) is 0.546. The Hall–Kier alpha value is -2.04. The van der Waals surface area contributed by atoms with Crippen molar-refractivity contribution < 1.29 is 4.79 Å². The summed E-state index contributed by atoms with van der Waals surface area (Å²) in [5.41, 5.74) is 2.94. The Balaban J connectivity index is 2.01. The Labute approximate surface area is 107 Å². The predicted molar refractivity (Wildman–Crippen MR) is 73.0 cm³/mol. The third-order valence-electron chi connectivity index (χ3n) is 2.85. The Kier molecular flexibility index (Phi) is 3.82. The zero-order chi connectivity index (χ0) is 13.0. The zero-order valence-corrected chi connectivity index (χ0v) is 10.7. The number of hydrogen-bond donors (Lipinski definition) is 3. The van der Waals surface area contributed by atoms with Crippen molar-refractivity contribution in [2.45, 2.75) is 20.3 Å². The molecule has 0 fully saturated rings. The zero-order valence-electron chi connectivity index (χ0n) is 10.7. The molecule has 3 N–H and O–H groups in total. The quantitative estimate of drug-likeness (QED) is 0.707. The van der Waals surface area contributed by atoms with E-state index in [1.165, 1.54) is 0 Å². The maximum atomic E-state index is 11.8. The number of rotatable bonds is 1. The Morgan fingerprint density at radius 3 is 2.61 bits per heavy atom. The molecule has 1 aliphatic heterocycles. The number of nitrogens with zero attached hydrogens (tertiary/aromatic N) is 1. The highest BCUT2D eigenvalue weighted by molar-refractivity contribution is 6.03. The van der Waals surface area contributed by atoms with Crippen molar-refractivity contribution in [2.75, 3.05) is 18.4 Å². The molecule has 0 saturated carbocycles. The summed E-state index contributed by atoms with van der Waals surface area (Å²) in [6.07, 6.45) is 1.00. The molecule has 5 heteroatoms. The number of aliphatic imine (C=N–C) groups is 1. The molecule has 0 spiro atoms. The standard InChI is InChI=1S/C13H18N4O/c1-9-5-3-6-10(2)11(9)16-13(18)17-12-14-7-4-8-15-12/h3,5-6H,4,7-8H2,1-2H3,(H3,14,15,16,17,18). The smallest absolute Gasteiger partial charge is 0.326 e. The lowest BCUT2D eigenvalue weighted by Gasteiger charge is -2.16. The van der Waals surface area contributed by atoms with Crippen LogP contribution >= 0.6 is 0 Å². The van der Waals surface area contributed by atoms with Crippen LogP contribution in [0.3, 0.4) is 0 Å². The van der Waals surface area contributed by atoms with Gasteiger partial charge in [0.25, 0.3) is 0 Å². The van der Waals surface area contributed by atoms with Crippen LogP contribution in [0.1, 0.15) is 17.5 Å². The SMILES string of the molecule is Cc1cccc(C)c1NC(=O)NC1=NCCCN1. The molecular weight excluding hydrogens is 228 g/mol. The molecule has 0 unspecified atom stereocenters. The van der Waals surface area contributed by atoms with Gasteiger partial charge in [0, 0.05) is 18.8 Å². The molecule has 0 aliphatic carbocycles. The van der Waals surface area contributed by atoms with Crippen molar-refractivity contribution in [3.05, 3.63) is 29.3 Å². The number of hydrogen-bond acceptors (Lipinski definition) is 3. The van der Waals surface area contributed by atoms with E-state index in [0.29, 0.717) is 5.96 Å². The van der Waals surface area contributed by atoms with Gasteiger partial charge in [0.1, 0.15) is 0 Å². The lowest BCUT2D eigenvalue weighted by atomic mass is 10.1. The van der Waals surface area contributed by atoms with Crippen molar-refractivity contribution in [3.8, 4) is 0 Å². The first-order valence-corrected chi connectivity index (χ1v) is 6.09. The van der Waals surface area contributed by atoms with Crippen LogP contribution in [0, 0.1) is 13.8 Å². The summed E-state index contributed by atoms with van der Waals surface area (Å²) in [5, 5.41) is 8.61. The molecule has 18 heavy (non-hydrogen) atoms. The number of carbonyl (C=O) groups is 1. The van der Waals surface area contributed by atoms with E-state index < -0.39 is 0 Å². The van der Waals surface area contributed by atoms with E-state index in [-0.39, 0.29) is 6.03 Å². The number of carbonyl (C=O) groups excluding carboxylic acids is 1. The lowest BCUT2D eigenvalue weighted by Crippen LogP contribution is -2.45. The highest BCUT2D eigenvalue weighted by Crippen LogP contribution is 2.18. The molecule has 96 valence electrons. The summed E-state index contributed by atoms with van der Waals surface area (Å²) in [6, 6.07) is 5.65. The molecule has 0 atom stereocenters. The summed E-state index contributed by atoms with van der Waals surface area (Å²) >= 11 is 0. The highest BCUT2D eigenvalue weighted by atomic mass is 16.2. The monoisotopic (exact) mass is 246 g/mol. The minimum atomic E-state index is -0.263. The Bertz CT molecular complexity index is 462. The van der Waals surface area contributed by atoms with Gasteiger partial charge in [-0.05, 0) is 31.4 Å². The molecule has 1 aromatic rings. The summed E-state index contributed by atoms with van der Waals surface area (Å²) < 4.78 is 0. The molecule has 2 rings (SSSR count). The first-order valence-electron chi connectivity index (χ1n) is 6.09. The van der Waals surface area contributed by atoms with Gasteiger partial charge in [0.15, 0.2) is 5.96 Å². The number of urea groups is 1. The van der Waals surface area contributed by atoms with Crippen molar-refractivity contribution in [3.63, 3.8) is 0 Å². The maximum absolute atomic E-state index is 11.8. The van der Waals surface area contributed by atoms with Gasteiger partial charge in [-0.2, -0.15) is 0 Å². The van der Waals surface area contributed by atoms with E-state index in [9.17, 15) is 4.79 Å². The van der Waals surface area contributed by atoms with E-state index in [2.05, 4.69) is 20.9 Å².